The Hall–Kier alpha value is -1.46. The standard InChI is InChI=1S/C16H23FN2O2/c1-12-10-18(11-13(2)19(12)8-9-21-3)16(20)14-4-6-15(17)7-5-14/h4-7,12-13H,8-11H2,1-3H3. The predicted molar refractivity (Wildman–Crippen MR) is 79.8 cm³/mol. The van der Waals surface area contributed by atoms with Crippen LogP contribution >= 0.6 is 0 Å². The molecule has 1 aliphatic rings. The van der Waals surface area contributed by atoms with Gasteiger partial charge in [0.15, 0.2) is 0 Å². The van der Waals surface area contributed by atoms with Crippen molar-refractivity contribution in [3.8, 4) is 0 Å². The second-order valence-corrected chi connectivity index (χ2v) is 5.65. The third kappa shape index (κ3) is 3.80. The van der Waals surface area contributed by atoms with Gasteiger partial charge >= 0.3 is 0 Å². The van der Waals surface area contributed by atoms with Crippen molar-refractivity contribution >= 4 is 5.91 Å². The predicted octanol–water partition coefficient (Wildman–Crippen LogP) is 2.01. The number of methoxy groups -OCH3 is 1. The average Bonchev–Trinajstić information content (AvgIpc) is 2.46. The van der Waals surface area contributed by atoms with E-state index in [2.05, 4.69) is 18.7 Å². The maximum atomic E-state index is 12.9. The van der Waals surface area contributed by atoms with Crippen LogP contribution in [0.15, 0.2) is 24.3 Å². The molecule has 1 fully saturated rings. The van der Waals surface area contributed by atoms with Crippen molar-refractivity contribution in [2.75, 3.05) is 33.4 Å². The van der Waals surface area contributed by atoms with Crippen molar-refractivity contribution in [3.05, 3.63) is 35.6 Å². The molecular weight excluding hydrogens is 271 g/mol. The maximum Gasteiger partial charge on any atom is 0.253 e. The number of carbonyl (C=O) groups excluding carboxylic acids is 1. The molecule has 21 heavy (non-hydrogen) atoms. The number of hydrogen-bond donors (Lipinski definition) is 0. The molecule has 0 bridgehead atoms. The minimum atomic E-state index is -0.322. The van der Waals surface area contributed by atoms with E-state index in [0.717, 1.165) is 6.54 Å². The molecule has 2 unspecified atom stereocenters. The number of amides is 1. The number of piperazine rings is 1. The Bertz CT molecular complexity index is 466. The molecule has 2 atom stereocenters. The molecule has 0 aromatic heterocycles. The van der Waals surface area contributed by atoms with Gasteiger partial charge in [-0.15, -0.1) is 0 Å². The number of carbonyl (C=O) groups is 1. The van der Waals surface area contributed by atoms with Crippen LogP contribution in [-0.4, -0.2) is 61.1 Å². The Morgan fingerprint density at radius 1 is 1.24 bits per heavy atom. The summed E-state index contributed by atoms with van der Waals surface area (Å²) in [6.45, 7) is 7.18. The molecule has 1 heterocycles. The van der Waals surface area contributed by atoms with Crippen LogP contribution in [0.3, 0.4) is 0 Å². The lowest BCUT2D eigenvalue weighted by Gasteiger charge is -2.44. The minimum Gasteiger partial charge on any atom is -0.383 e. The fourth-order valence-corrected chi connectivity index (χ4v) is 2.93. The zero-order chi connectivity index (χ0) is 15.4. The van der Waals surface area contributed by atoms with Crippen LogP contribution in [-0.2, 0) is 4.74 Å². The van der Waals surface area contributed by atoms with Gasteiger partial charge in [-0.2, -0.15) is 0 Å². The van der Waals surface area contributed by atoms with Gasteiger partial charge in [0.05, 0.1) is 6.61 Å². The van der Waals surface area contributed by atoms with Crippen LogP contribution in [0, 0.1) is 5.82 Å². The molecule has 0 spiro atoms. The quantitative estimate of drug-likeness (QED) is 0.851. The van der Waals surface area contributed by atoms with E-state index in [-0.39, 0.29) is 23.8 Å². The first kappa shape index (κ1) is 15.9. The summed E-state index contributed by atoms with van der Waals surface area (Å²) in [7, 11) is 1.70. The first-order valence-electron chi connectivity index (χ1n) is 7.32. The number of hydrogen-bond acceptors (Lipinski definition) is 3. The van der Waals surface area contributed by atoms with E-state index in [1.807, 2.05) is 4.90 Å². The molecule has 4 nitrogen and oxygen atoms in total. The Kier molecular flexibility index (Phi) is 5.31. The summed E-state index contributed by atoms with van der Waals surface area (Å²) < 4.78 is 18.1. The van der Waals surface area contributed by atoms with E-state index in [0.29, 0.717) is 25.3 Å². The van der Waals surface area contributed by atoms with E-state index < -0.39 is 0 Å². The molecule has 0 N–H and O–H groups in total. The van der Waals surface area contributed by atoms with Crippen LogP contribution < -0.4 is 0 Å². The first-order valence-corrected chi connectivity index (χ1v) is 7.32. The molecule has 2 rings (SSSR count). The first-order chi connectivity index (χ1) is 10.0. The smallest absolute Gasteiger partial charge is 0.253 e. The molecule has 116 valence electrons. The van der Waals surface area contributed by atoms with Crippen molar-refractivity contribution in [2.24, 2.45) is 0 Å². The second-order valence-electron chi connectivity index (χ2n) is 5.65. The lowest BCUT2D eigenvalue weighted by Crippen LogP contribution is -2.58. The topological polar surface area (TPSA) is 32.8 Å². The number of rotatable bonds is 4. The van der Waals surface area contributed by atoms with Gasteiger partial charge < -0.3 is 9.64 Å². The molecule has 1 amide bonds. The van der Waals surface area contributed by atoms with Crippen LogP contribution in [0.2, 0.25) is 0 Å². The Morgan fingerprint density at radius 3 is 2.33 bits per heavy atom. The van der Waals surface area contributed by atoms with E-state index in [1.54, 1.807) is 19.2 Å². The largest absolute Gasteiger partial charge is 0.383 e. The summed E-state index contributed by atoms with van der Waals surface area (Å²) in [6.07, 6.45) is 0. The third-order valence-corrected chi connectivity index (χ3v) is 4.03. The third-order valence-electron chi connectivity index (χ3n) is 4.03. The van der Waals surface area contributed by atoms with Gasteiger partial charge in [0.25, 0.3) is 5.91 Å². The summed E-state index contributed by atoms with van der Waals surface area (Å²) in [6, 6.07) is 6.32. The Labute approximate surface area is 125 Å². The Balaban J connectivity index is 2.03. The number of benzene rings is 1. The summed E-state index contributed by atoms with van der Waals surface area (Å²) in [5, 5.41) is 0. The van der Waals surface area contributed by atoms with Crippen molar-refractivity contribution in [1.29, 1.82) is 0 Å². The number of nitrogens with zero attached hydrogens (tertiary/aromatic N) is 2. The SMILES string of the molecule is COCCN1C(C)CN(C(=O)c2ccc(F)cc2)CC1C. The maximum absolute atomic E-state index is 12.9. The summed E-state index contributed by atoms with van der Waals surface area (Å²) in [4.78, 5) is 16.7. The van der Waals surface area contributed by atoms with E-state index in [4.69, 9.17) is 4.74 Å². The van der Waals surface area contributed by atoms with Gasteiger partial charge in [0.2, 0.25) is 0 Å². The van der Waals surface area contributed by atoms with Gasteiger partial charge in [-0.25, -0.2) is 4.39 Å². The highest BCUT2D eigenvalue weighted by Gasteiger charge is 2.31. The van der Waals surface area contributed by atoms with Gasteiger partial charge in [-0.3, -0.25) is 9.69 Å². The zero-order valence-electron chi connectivity index (χ0n) is 12.9. The highest BCUT2D eigenvalue weighted by molar-refractivity contribution is 5.94. The molecule has 1 aromatic rings. The highest BCUT2D eigenvalue weighted by atomic mass is 19.1. The average molecular weight is 294 g/mol. The fourth-order valence-electron chi connectivity index (χ4n) is 2.93. The molecule has 0 saturated carbocycles. The van der Waals surface area contributed by atoms with Crippen molar-refractivity contribution in [1.82, 2.24) is 9.80 Å². The van der Waals surface area contributed by atoms with E-state index >= 15 is 0 Å². The molecule has 0 aliphatic carbocycles. The number of ether oxygens (including phenoxy) is 1. The van der Waals surface area contributed by atoms with Crippen LogP contribution in [0.1, 0.15) is 24.2 Å². The molecule has 1 saturated heterocycles. The van der Waals surface area contributed by atoms with Crippen molar-refractivity contribution in [2.45, 2.75) is 25.9 Å². The molecule has 1 aliphatic heterocycles. The molecule has 0 radical (unpaired) electrons. The molecule has 1 aromatic carbocycles. The molecule has 5 heteroatoms. The minimum absolute atomic E-state index is 0.0277. The van der Waals surface area contributed by atoms with Crippen LogP contribution in [0.25, 0.3) is 0 Å². The fraction of sp³-hybridized carbons (Fsp3) is 0.562. The van der Waals surface area contributed by atoms with Gasteiger partial charge in [-0.05, 0) is 38.1 Å². The van der Waals surface area contributed by atoms with E-state index in [9.17, 15) is 9.18 Å². The van der Waals surface area contributed by atoms with Gasteiger partial charge in [-0.1, -0.05) is 0 Å². The van der Waals surface area contributed by atoms with Crippen molar-refractivity contribution < 1.29 is 13.9 Å². The Morgan fingerprint density at radius 2 is 1.81 bits per heavy atom. The van der Waals surface area contributed by atoms with Crippen LogP contribution in [0.5, 0.6) is 0 Å². The van der Waals surface area contributed by atoms with Gasteiger partial charge in [0.1, 0.15) is 5.82 Å². The monoisotopic (exact) mass is 294 g/mol. The van der Waals surface area contributed by atoms with Crippen LogP contribution in [0.4, 0.5) is 4.39 Å². The number of halogens is 1. The lowest BCUT2D eigenvalue weighted by molar-refractivity contribution is 0.0193. The normalized spacial score (nSPS) is 23.3. The van der Waals surface area contributed by atoms with Crippen molar-refractivity contribution in [3.63, 3.8) is 0 Å². The van der Waals surface area contributed by atoms with Gasteiger partial charge in [0, 0.05) is 44.4 Å². The summed E-state index contributed by atoms with van der Waals surface area (Å²) in [5.74, 6) is -0.349. The summed E-state index contributed by atoms with van der Waals surface area (Å²) in [5.41, 5.74) is 0.543. The zero-order valence-corrected chi connectivity index (χ0v) is 12.9. The summed E-state index contributed by atoms with van der Waals surface area (Å²) >= 11 is 0. The van der Waals surface area contributed by atoms with E-state index in [1.165, 1.54) is 12.1 Å². The second kappa shape index (κ2) is 7.00. The molecular formula is C16H23FN2O2. The highest BCUT2D eigenvalue weighted by Crippen LogP contribution is 2.18. The lowest BCUT2D eigenvalue weighted by atomic mass is 10.1.